The molecule has 0 aromatic carbocycles. The number of nitrogens with one attached hydrogen (secondary N) is 2. The van der Waals surface area contributed by atoms with Crippen molar-refractivity contribution < 1.29 is 4.79 Å². The molecule has 0 spiro atoms. The van der Waals surface area contributed by atoms with E-state index in [1.54, 1.807) is 18.4 Å². The highest BCUT2D eigenvalue weighted by Gasteiger charge is 2.44. The summed E-state index contributed by atoms with van der Waals surface area (Å²) in [6.45, 7) is 2.05. The van der Waals surface area contributed by atoms with Crippen molar-refractivity contribution in [2.75, 3.05) is 7.05 Å². The zero-order chi connectivity index (χ0) is 14.3. The Kier molecular flexibility index (Phi) is 3.38. The van der Waals surface area contributed by atoms with E-state index >= 15 is 0 Å². The van der Waals surface area contributed by atoms with Crippen LogP contribution in [-0.4, -0.2) is 34.6 Å². The Balaban J connectivity index is 1.75. The number of nitrogens with zero attached hydrogens (tertiary/aromatic N) is 1. The molecule has 1 unspecified atom stereocenters. The molecule has 106 valence electrons. The Hall–Kier alpha value is -1.27. The van der Waals surface area contributed by atoms with Gasteiger partial charge in [-0.3, -0.25) is 15.1 Å². The molecule has 3 rings (SSSR count). The highest BCUT2D eigenvalue weighted by atomic mass is 32.2. The SMILES string of the molecule is CN1C(=N)N[C@](C)(C2CC=C(c3ccsc3)S2)CC1=O. The highest BCUT2D eigenvalue weighted by molar-refractivity contribution is 8.09. The van der Waals surface area contributed by atoms with Crippen LogP contribution in [0.3, 0.4) is 0 Å². The number of thiophene rings is 1. The topological polar surface area (TPSA) is 56.2 Å². The highest BCUT2D eigenvalue weighted by Crippen LogP contribution is 2.45. The van der Waals surface area contributed by atoms with Crippen LogP contribution in [0.25, 0.3) is 4.91 Å². The maximum Gasteiger partial charge on any atom is 0.231 e. The standard InChI is InChI=1S/C14H17N3OS2/c1-14(7-12(18)17(2)13(15)16-14)11-4-3-10(20-11)9-5-6-19-8-9/h3,5-6,8,11H,4,7H2,1-2H3,(H2,15,16)/t11?,14-/m0/s1. The van der Waals surface area contributed by atoms with Crippen molar-refractivity contribution in [3.8, 4) is 0 Å². The molecule has 1 saturated heterocycles. The van der Waals surface area contributed by atoms with Crippen LogP contribution in [0.4, 0.5) is 0 Å². The van der Waals surface area contributed by atoms with Gasteiger partial charge in [-0.15, -0.1) is 11.8 Å². The third-order valence-corrected chi connectivity index (χ3v) is 6.27. The lowest BCUT2D eigenvalue weighted by Crippen LogP contribution is -2.63. The molecular formula is C14H17N3OS2. The molecular weight excluding hydrogens is 290 g/mol. The normalized spacial score (nSPS) is 30.4. The van der Waals surface area contributed by atoms with E-state index in [2.05, 4.69) is 35.1 Å². The van der Waals surface area contributed by atoms with Crippen LogP contribution in [0.2, 0.25) is 0 Å². The monoisotopic (exact) mass is 307 g/mol. The van der Waals surface area contributed by atoms with E-state index in [-0.39, 0.29) is 22.7 Å². The van der Waals surface area contributed by atoms with Gasteiger partial charge < -0.3 is 5.32 Å². The van der Waals surface area contributed by atoms with Gasteiger partial charge in [0.25, 0.3) is 0 Å². The minimum absolute atomic E-state index is 0.0147. The fourth-order valence-electron chi connectivity index (χ4n) is 2.59. The molecule has 0 radical (unpaired) electrons. The van der Waals surface area contributed by atoms with Gasteiger partial charge >= 0.3 is 0 Å². The lowest BCUT2D eigenvalue weighted by molar-refractivity contribution is -0.129. The first-order valence-electron chi connectivity index (χ1n) is 6.52. The predicted molar refractivity (Wildman–Crippen MR) is 84.9 cm³/mol. The van der Waals surface area contributed by atoms with Gasteiger partial charge in [0.1, 0.15) is 0 Å². The molecule has 1 fully saturated rings. The molecule has 1 aromatic heterocycles. The number of guanidine groups is 1. The average Bonchev–Trinajstić information content (AvgIpc) is 3.06. The number of hydrogen-bond acceptors (Lipinski definition) is 4. The quantitative estimate of drug-likeness (QED) is 0.883. The van der Waals surface area contributed by atoms with Crippen LogP contribution in [0, 0.1) is 5.41 Å². The maximum absolute atomic E-state index is 12.0. The van der Waals surface area contributed by atoms with Crippen molar-refractivity contribution >= 4 is 39.9 Å². The number of thioether (sulfide) groups is 1. The fourth-order valence-corrected chi connectivity index (χ4v) is 4.68. The Morgan fingerprint density at radius 3 is 3.00 bits per heavy atom. The smallest absolute Gasteiger partial charge is 0.231 e. The fraction of sp³-hybridized carbons (Fsp3) is 0.429. The lowest BCUT2D eigenvalue weighted by atomic mass is 9.89. The second-order valence-corrected chi connectivity index (χ2v) is 7.47. The Bertz CT molecular complexity index is 561. The lowest BCUT2D eigenvalue weighted by Gasteiger charge is -2.42. The molecule has 2 atom stereocenters. The summed E-state index contributed by atoms with van der Waals surface area (Å²) in [5, 5.41) is 15.6. The summed E-state index contributed by atoms with van der Waals surface area (Å²) in [6, 6.07) is 2.13. The van der Waals surface area contributed by atoms with Gasteiger partial charge in [-0.2, -0.15) is 11.3 Å². The minimum Gasteiger partial charge on any atom is -0.349 e. The summed E-state index contributed by atoms with van der Waals surface area (Å²) >= 11 is 3.52. The van der Waals surface area contributed by atoms with E-state index in [9.17, 15) is 4.79 Å². The van der Waals surface area contributed by atoms with Crippen molar-refractivity contribution in [2.45, 2.75) is 30.6 Å². The second-order valence-electron chi connectivity index (χ2n) is 5.44. The van der Waals surface area contributed by atoms with Crippen LogP contribution in [0.1, 0.15) is 25.3 Å². The van der Waals surface area contributed by atoms with Crippen LogP contribution >= 0.6 is 23.1 Å². The largest absolute Gasteiger partial charge is 0.349 e. The van der Waals surface area contributed by atoms with E-state index in [0.29, 0.717) is 6.42 Å². The van der Waals surface area contributed by atoms with Gasteiger partial charge in [0, 0.05) is 17.2 Å². The minimum atomic E-state index is -0.348. The Morgan fingerprint density at radius 2 is 2.35 bits per heavy atom. The maximum atomic E-state index is 12.0. The molecule has 3 heterocycles. The Morgan fingerprint density at radius 1 is 1.55 bits per heavy atom. The van der Waals surface area contributed by atoms with Crippen molar-refractivity contribution in [2.24, 2.45) is 0 Å². The number of allylic oxidation sites excluding steroid dienone is 1. The number of rotatable bonds is 2. The van der Waals surface area contributed by atoms with Gasteiger partial charge in [0.05, 0.1) is 12.0 Å². The average molecular weight is 307 g/mol. The number of hydrogen-bond donors (Lipinski definition) is 2. The first kappa shape index (κ1) is 13.7. The molecule has 2 N–H and O–H groups in total. The summed E-state index contributed by atoms with van der Waals surface area (Å²) in [4.78, 5) is 14.7. The van der Waals surface area contributed by atoms with E-state index in [1.165, 1.54) is 15.4 Å². The van der Waals surface area contributed by atoms with E-state index in [4.69, 9.17) is 5.41 Å². The molecule has 0 bridgehead atoms. The van der Waals surface area contributed by atoms with Crippen LogP contribution in [-0.2, 0) is 4.79 Å². The van der Waals surface area contributed by atoms with Crippen molar-refractivity contribution in [1.82, 2.24) is 10.2 Å². The molecule has 4 nitrogen and oxygen atoms in total. The van der Waals surface area contributed by atoms with Gasteiger partial charge in [-0.25, -0.2) is 0 Å². The summed E-state index contributed by atoms with van der Waals surface area (Å²) in [5.74, 6) is 0.217. The Labute approximate surface area is 126 Å². The summed E-state index contributed by atoms with van der Waals surface area (Å²) in [6.07, 6.45) is 3.62. The van der Waals surface area contributed by atoms with Gasteiger partial charge in [0.15, 0.2) is 5.96 Å². The van der Waals surface area contributed by atoms with E-state index < -0.39 is 0 Å². The van der Waals surface area contributed by atoms with Crippen molar-refractivity contribution in [3.63, 3.8) is 0 Å². The van der Waals surface area contributed by atoms with Crippen LogP contribution < -0.4 is 5.32 Å². The van der Waals surface area contributed by atoms with Crippen molar-refractivity contribution in [3.05, 3.63) is 28.5 Å². The third-order valence-electron chi connectivity index (χ3n) is 3.93. The number of carbonyl (C=O) groups is 1. The van der Waals surface area contributed by atoms with Gasteiger partial charge in [-0.1, -0.05) is 6.08 Å². The third kappa shape index (κ3) is 2.27. The van der Waals surface area contributed by atoms with Crippen LogP contribution in [0.5, 0.6) is 0 Å². The summed E-state index contributed by atoms with van der Waals surface area (Å²) in [5.41, 5.74) is 0.917. The second kappa shape index (κ2) is 4.93. The molecule has 0 saturated carbocycles. The summed E-state index contributed by atoms with van der Waals surface area (Å²) in [7, 11) is 1.65. The van der Waals surface area contributed by atoms with Crippen molar-refractivity contribution in [1.29, 1.82) is 5.41 Å². The summed E-state index contributed by atoms with van der Waals surface area (Å²) < 4.78 is 0. The molecule has 1 amide bonds. The first-order valence-corrected chi connectivity index (χ1v) is 8.34. The molecule has 1 aromatic rings. The zero-order valence-electron chi connectivity index (χ0n) is 11.5. The number of carbonyl (C=O) groups excluding carboxylic acids is 1. The first-order chi connectivity index (χ1) is 9.49. The molecule has 0 aliphatic carbocycles. The van der Waals surface area contributed by atoms with E-state index in [0.717, 1.165) is 6.42 Å². The molecule has 2 aliphatic heterocycles. The van der Waals surface area contributed by atoms with Gasteiger partial charge in [0.2, 0.25) is 5.91 Å². The molecule has 6 heteroatoms. The zero-order valence-corrected chi connectivity index (χ0v) is 13.1. The molecule has 2 aliphatic rings. The molecule has 20 heavy (non-hydrogen) atoms. The van der Waals surface area contributed by atoms with Gasteiger partial charge in [-0.05, 0) is 35.7 Å². The van der Waals surface area contributed by atoms with Crippen LogP contribution in [0.15, 0.2) is 22.9 Å². The predicted octanol–water partition coefficient (Wildman–Crippen LogP) is 2.74. The number of amides is 1. The van der Waals surface area contributed by atoms with E-state index in [1.807, 2.05) is 11.8 Å².